The molecule has 1 saturated heterocycles. The lowest BCUT2D eigenvalue weighted by Crippen LogP contribution is -2.38. The molecule has 1 heterocycles. The molecule has 0 radical (unpaired) electrons. The number of benzene rings is 1. The van der Waals surface area contributed by atoms with Crippen LogP contribution in [0.3, 0.4) is 0 Å². The lowest BCUT2D eigenvalue weighted by Gasteiger charge is -2.28. The van der Waals surface area contributed by atoms with Crippen LogP contribution in [0.15, 0.2) is 24.3 Å². The van der Waals surface area contributed by atoms with Crippen molar-refractivity contribution in [2.24, 2.45) is 5.92 Å². The van der Waals surface area contributed by atoms with Gasteiger partial charge < -0.3 is 14.2 Å². The Balaban J connectivity index is 1.63. The molecule has 5 nitrogen and oxygen atoms in total. The molecule has 0 aromatic heterocycles. The van der Waals surface area contributed by atoms with Crippen molar-refractivity contribution in [1.29, 1.82) is 5.26 Å². The fraction of sp³-hybridized carbons (Fsp3) is 0.600. The predicted molar refractivity (Wildman–Crippen MR) is 94.0 cm³/mol. The van der Waals surface area contributed by atoms with Gasteiger partial charge in [0.05, 0.1) is 24.8 Å². The maximum absolute atomic E-state index is 12.1. The van der Waals surface area contributed by atoms with Gasteiger partial charge in [-0.3, -0.25) is 4.79 Å². The van der Waals surface area contributed by atoms with E-state index in [0.29, 0.717) is 24.5 Å². The number of unbranched alkanes of at least 4 members (excludes halogenated alkanes) is 5. The fourth-order valence-electron chi connectivity index (χ4n) is 2.73. The average Bonchev–Trinajstić information content (AvgIpc) is 2.65. The normalized spacial score (nSPS) is 20.0. The third kappa shape index (κ3) is 6.85. The van der Waals surface area contributed by atoms with Crippen LogP contribution in [0.5, 0.6) is 5.75 Å². The molecule has 0 atom stereocenters. The SMILES string of the molecule is CCCCCCCC[C@H]1OC[C@H](C(=O)Oc2ccc(C#N)cc2)CO1. The Morgan fingerprint density at radius 1 is 1.12 bits per heavy atom. The molecule has 1 fully saturated rings. The van der Waals surface area contributed by atoms with E-state index in [-0.39, 0.29) is 12.3 Å². The quantitative estimate of drug-likeness (QED) is 0.381. The van der Waals surface area contributed by atoms with Crippen LogP contribution in [0.1, 0.15) is 57.4 Å². The first-order chi connectivity index (χ1) is 12.2. The van der Waals surface area contributed by atoms with Crippen molar-refractivity contribution >= 4 is 5.97 Å². The van der Waals surface area contributed by atoms with E-state index in [4.69, 9.17) is 19.5 Å². The molecule has 1 aliphatic rings. The van der Waals surface area contributed by atoms with Crippen molar-refractivity contribution in [2.75, 3.05) is 13.2 Å². The van der Waals surface area contributed by atoms with Crippen LogP contribution in [0.25, 0.3) is 0 Å². The van der Waals surface area contributed by atoms with E-state index >= 15 is 0 Å². The van der Waals surface area contributed by atoms with Gasteiger partial charge in [0.2, 0.25) is 0 Å². The zero-order valence-corrected chi connectivity index (χ0v) is 14.9. The maximum Gasteiger partial charge on any atom is 0.319 e. The number of nitrogens with zero attached hydrogens (tertiary/aromatic N) is 1. The molecule has 0 bridgehead atoms. The van der Waals surface area contributed by atoms with Gasteiger partial charge in [-0.05, 0) is 37.1 Å². The Labute approximate surface area is 149 Å². The summed E-state index contributed by atoms with van der Waals surface area (Å²) in [6.07, 6.45) is 8.09. The van der Waals surface area contributed by atoms with Gasteiger partial charge in [-0.15, -0.1) is 0 Å². The minimum atomic E-state index is -0.406. The molecule has 25 heavy (non-hydrogen) atoms. The van der Waals surface area contributed by atoms with Crippen molar-refractivity contribution < 1.29 is 19.0 Å². The highest BCUT2D eigenvalue weighted by molar-refractivity contribution is 5.75. The summed E-state index contributed by atoms with van der Waals surface area (Å²) < 4.78 is 16.6. The van der Waals surface area contributed by atoms with Gasteiger partial charge in [-0.25, -0.2) is 0 Å². The molecule has 1 aliphatic heterocycles. The van der Waals surface area contributed by atoms with E-state index in [1.54, 1.807) is 24.3 Å². The summed E-state index contributed by atoms with van der Waals surface area (Å²) in [4.78, 5) is 12.1. The number of rotatable bonds is 9. The van der Waals surface area contributed by atoms with E-state index in [2.05, 4.69) is 6.92 Å². The van der Waals surface area contributed by atoms with Gasteiger partial charge in [0.1, 0.15) is 11.7 Å². The summed E-state index contributed by atoms with van der Waals surface area (Å²) >= 11 is 0. The van der Waals surface area contributed by atoms with E-state index in [0.717, 1.165) is 12.8 Å². The Morgan fingerprint density at radius 3 is 2.40 bits per heavy atom. The van der Waals surface area contributed by atoms with Gasteiger partial charge in [-0.1, -0.05) is 39.0 Å². The Kier molecular flexibility index (Phi) is 8.44. The summed E-state index contributed by atoms with van der Waals surface area (Å²) in [7, 11) is 0. The second-order valence-electron chi connectivity index (χ2n) is 6.41. The summed E-state index contributed by atoms with van der Waals surface area (Å²) in [6, 6.07) is 8.49. The molecule has 0 spiro atoms. The number of esters is 1. The van der Waals surface area contributed by atoms with Gasteiger partial charge in [0.25, 0.3) is 0 Å². The van der Waals surface area contributed by atoms with Crippen molar-refractivity contribution in [2.45, 2.75) is 58.2 Å². The molecular weight excluding hydrogens is 318 g/mol. The van der Waals surface area contributed by atoms with Crippen LogP contribution in [0.2, 0.25) is 0 Å². The summed E-state index contributed by atoms with van der Waals surface area (Å²) in [6.45, 7) is 2.87. The van der Waals surface area contributed by atoms with Crippen molar-refractivity contribution in [3.8, 4) is 11.8 Å². The monoisotopic (exact) mass is 345 g/mol. The van der Waals surface area contributed by atoms with Crippen molar-refractivity contribution in [3.63, 3.8) is 0 Å². The maximum atomic E-state index is 12.1. The molecule has 1 aromatic carbocycles. The van der Waals surface area contributed by atoms with Crippen LogP contribution >= 0.6 is 0 Å². The van der Waals surface area contributed by atoms with E-state index in [1.807, 2.05) is 6.07 Å². The molecule has 0 aliphatic carbocycles. The first kappa shape index (κ1) is 19.4. The molecule has 1 aromatic rings. The first-order valence-electron chi connectivity index (χ1n) is 9.18. The molecule has 2 rings (SSSR count). The molecule has 0 N–H and O–H groups in total. The molecular formula is C20H27NO4. The zero-order valence-electron chi connectivity index (χ0n) is 14.9. The minimum Gasteiger partial charge on any atom is -0.426 e. The van der Waals surface area contributed by atoms with Crippen molar-refractivity contribution in [1.82, 2.24) is 0 Å². The minimum absolute atomic E-state index is 0.204. The van der Waals surface area contributed by atoms with Gasteiger partial charge in [0.15, 0.2) is 6.29 Å². The number of nitriles is 1. The lowest BCUT2D eigenvalue weighted by molar-refractivity contribution is -0.208. The Bertz CT molecular complexity index is 556. The molecule has 0 unspecified atom stereocenters. The first-order valence-corrected chi connectivity index (χ1v) is 9.18. The number of carbonyl (C=O) groups is 1. The molecule has 0 amide bonds. The second-order valence-corrected chi connectivity index (χ2v) is 6.41. The Hall–Kier alpha value is -1.90. The number of ether oxygens (including phenoxy) is 3. The fourth-order valence-corrected chi connectivity index (χ4v) is 2.73. The van der Waals surface area contributed by atoms with Crippen LogP contribution < -0.4 is 4.74 Å². The van der Waals surface area contributed by atoms with Gasteiger partial charge >= 0.3 is 5.97 Å². The standard InChI is InChI=1S/C20H27NO4/c1-2-3-4-5-6-7-8-19-23-14-17(15-24-19)20(22)25-18-11-9-16(13-21)10-12-18/h9-12,17,19H,2-8,14-15H2,1H3/t17-,19-. The zero-order chi connectivity index (χ0) is 17.9. The third-order valence-corrected chi connectivity index (χ3v) is 4.30. The van der Waals surface area contributed by atoms with E-state index in [1.165, 1.54) is 32.1 Å². The number of carbonyl (C=O) groups excluding carboxylic acids is 1. The Morgan fingerprint density at radius 2 is 1.76 bits per heavy atom. The van der Waals surface area contributed by atoms with Crippen LogP contribution in [0, 0.1) is 17.2 Å². The topological polar surface area (TPSA) is 68.5 Å². The lowest BCUT2D eigenvalue weighted by atomic mass is 10.1. The smallest absolute Gasteiger partial charge is 0.319 e. The number of hydrogen-bond acceptors (Lipinski definition) is 5. The van der Waals surface area contributed by atoms with Gasteiger partial charge in [0, 0.05) is 0 Å². The third-order valence-electron chi connectivity index (χ3n) is 4.30. The van der Waals surface area contributed by atoms with Crippen molar-refractivity contribution in [3.05, 3.63) is 29.8 Å². The second kappa shape index (κ2) is 10.9. The summed E-state index contributed by atoms with van der Waals surface area (Å²) in [5.74, 6) is -0.336. The van der Waals surface area contributed by atoms with E-state index < -0.39 is 5.92 Å². The highest BCUT2D eigenvalue weighted by Crippen LogP contribution is 2.20. The highest BCUT2D eigenvalue weighted by Gasteiger charge is 2.28. The van der Waals surface area contributed by atoms with Crippen LogP contribution in [-0.4, -0.2) is 25.5 Å². The highest BCUT2D eigenvalue weighted by atomic mass is 16.7. The molecule has 136 valence electrons. The predicted octanol–water partition coefficient (Wildman–Crippen LogP) is 4.20. The van der Waals surface area contributed by atoms with E-state index in [9.17, 15) is 4.79 Å². The summed E-state index contributed by atoms with van der Waals surface area (Å²) in [5.41, 5.74) is 0.529. The largest absolute Gasteiger partial charge is 0.426 e. The van der Waals surface area contributed by atoms with Crippen LogP contribution in [0.4, 0.5) is 0 Å². The van der Waals surface area contributed by atoms with Crippen LogP contribution in [-0.2, 0) is 14.3 Å². The summed E-state index contributed by atoms with van der Waals surface area (Å²) in [5, 5.41) is 8.76. The number of hydrogen-bond donors (Lipinski definition) is 0. The molecule has 0 saturated carbocycles. The van der Waals surface area contributed by atoms with Gasteiger partial charge in [-0.2, -0.15) is 5.26 Å². The average molecular weight is 345 g/mol. The molecule has 5 heteroatoms.